The van der Waals surface area contributed by atoms with Gasteiger partial charge in [-0.25, -0.2) is 0 Å². The van der Waals surface area contributed by atoms with Gasteiger partial charge in [-0.05, 0) is 47.1 Å². The first-order chi connectivity index (χ1) is 5.22. The van der Waals surface area contributed by atoms with Gasteiger partial charge in [0.25, 0.3) is 0 Å². The summed E-state index contributed by atoms with van der Waals surface area (Å²) < 4.78 is 0. The van der Waals surface area contributed by atoms with Gasteiger partial charge in [0.1, 0.15) is 0 Å². The molecule has 0 amide bonds. The van der Waals surface area contributed by atoms with Crippen LogP contribution in [0.25, 0.3) is 0 Å². The Bertz CT molecular complexity index is 49.5. The van der Waals surface area contributed by atoms with Crippen LogP contribution >= 0.6 is 0 Å². The van der Waals surface area contributed by atoms with Crippen LogP contribution in [0.1, 0.15) is 26.7 Å². The van der Waals surface area contributed by atoms with Gasteiger partial charge < -0.3 is 10.2 Å². The van der Waals surface area contributed by atoms with Crippen LogP contribution in [0.5, 0.6) is 0 Å². The number of nitrogens with one attached hydrogen (secondary N) is 1. The Hall–Kier alpha value is -0.0800. The average molecular weight is 160 g/mol. The van der Waals surface area contributed by atoms with Gasteiger partial charge in [0.2, 0.25) is 0 Å². The molecule has 0 radical (unpaired) electrons. The molecule has 2 nitrogen and oxygen atoms in total. The first kappa shape index (κ1) is 13.5. The second-order valence-electron chi connectivity index (χ2n) is 2.80. The zero-order valence-electron chi connectivity index (χ0n) is 8.78. The highest BCUT2D eigenvalue weighted by atomic mass is 15.1. The SMILES string of the molecule is CCCN(C)CCC.CNC. The zero-order chi connectivity index (χ0) is 9.11. The largest absolute Gasteiger partial charge is 0.323 e. The van der Waals surface area contributed by atoms with Crippen molar-refractivity contribution in [1.82, 2.24) is 10.2 Å². The van der Waals surface area contributed by atoms with E-state index in [-0.39, 0.29) is 0 Å². The van der Waals surface area contributed by atoms with Gasteiger partial charge in [0.05, 0.1) is 0 Å². The van der Waals surface area contributed by atoms with Crippen LogP contribution in [-0.2, 0) is 0 Å². The minimum absolute atomic E-state index is 1.24. The monoisotopic (exact) mass is 160 g/mol. The van der Waals surface area contributed by atoms with Crippen LogP contribution < -0.4 is 5.32 Å². The summed E-state index contributed by atoms with van der Waals surface area (Å²) in [7, 11) is 5.92. The molecule has 0 aliphatic rings. The van der Waals surface area contributed by atoms with Crippen molar-refractivity contribution in [2.45, 2.75) is 26.7 Å². The second-order valence-corrected chi connectivity index (χ2v) is 2.80. The summed E-state index contributed by atoms with van der Waals surface area (Å²) >= 11 is 0. The molecule has 70 valence electrons. The molecule has 0 unspecified atom stereocenters. The van der Waals surface area contributed by atoms with Crippen LogP contribution in [0.2, 0.25) is 0 Å². The first-order valence-electron chi connectivity index (χ1n) is 4.49. The third-order valence-corrected chi connectivity index (χ3v) is 1.21. The van der Waals surface area contributed by atoms with E-state index in [4.69, 9.17) is 0 Å². The molecule has 0 saturated carbocycles. The van der Waals surface area contributed by atoms with Crippen LogP contribution in [-0.4, -0.2) is 39.1 Å². The summed E-state index contributed by atoms with van der Waals surface area (Å²) in [5.74, 6) is 0. The molecule has 0 spiro atoms. The summed E-state index contributed by atoms with van der Waals surface area (Å²) in [6.07, 6.45) is 2.55. The standard InChI is InChI=1S/C7H17N.C2H7N/c1-4-6-8(3)7-5-2;1-3-2/h4-7H2,1-3H3;3H,1-2H3. The Labute approximate surface area is 72.0 Å². The lowest BCUT2D eigenvalue weighted by Gasteiger charge is -2.12. The van der Waals surface area contributed by atoms with Crippen LogP contribution in [0, 0.1) is 0 Å². The summed E-state index contributed by atoms with van der Waals surface area (Å²) in [6.45, 7) is 6.92. The van der Waals surface area contributed by atoms with Gasteiger partial charge in [-0.15, -0.1) is 0 Å². The van der Waals surface area contributed by atoms with E-state index in [0.717, 1.165) is 0 Å². The quantitative estimate of drug-likeness (QED) is 0.671. The van der Waals surface area contributed by atoms with Gasteiger partial charge in [0.15, 0.2) is 0 Å². The molecule has 0 aromatic carbocycles. The summed E-state index contributed by atoms with van der Waals surface area (Å²) in [4.78, 5) is 2.36. The highest BCUT2D eigenvalue weighted by molar-refractivity contribution is 4.45. The molecule has 0 aromatic heterocycles. The summed E-state index contributed by atoms with van der Waals surface area (Å²) in [5.41, 5.74) is 0. The predicted molar refractivity (Wildman–Crippen MR) is 53.1 cm³/mol. The van der Waals surface area contributed by atoms with Crippen molar-refractivity contribution in [2.75, 3.05) is 34.2 Å². The van der Waals surface area contributed by atoms with Crippen molar-refractivity contribution in [1.29, 1.82) is 0 Å². The maximum atomic E-state index is 2.75. The van der Waals surface area contributed by atoms with Crippen molar-refractivity contribution in [3.05, 3.63) is 0 Å². The number of hydrogen-bond acceptors (Lipinski definition) is 2. The maximum absolute atomic E-state index is 2.75. The van der Waals surface area contributed by atoms with Crippen molar-refractivity contribution >= 4 is 0 Å². The molecule has 0 aliphatic heterocycles. The Balaban J connectivity index is 0. The third kappa shape index (κ3) is 17.8. The highest BCUT2D eigenvalue weighted by Crippen LogP contribution is 1.86. The minimum atomic E-state index is 1.24. The van der Waals surface area contributed by atoms with Crippen LogP contribution in [0.3, 0.4) is 0 Å². The Morgan fingerprint density at radius 2 is 1.27 bits per heavy atom. The molecule has 0 aliphatic carbocycles. The lowest BCUT2D eigenvalue weighted by atomic mass is 10.4. The van der Waals surface area contributed by atoms with E-state index < -0.39 is 0 Å². The molecule has 0 rings (SSSR count). The molecule has 0 bridgehead atoms. The lowest BCUT2D eigenvalue weighted by Crippen LogP contribution is -2.19. The Morgan fingerprint density at radius 1 is 1.00 bits per heavy atom. The van der Waals surface area contributed by atoms with E-state index in [0.29, 0.717) is 0 Å². The molecule has 0 atom stereocenters. The predicted octanol–water partition coefficient (Wildman–Crippen LogP) is 1.57. The maximum Gasteiger partial charge on any atom is -0.00244 e. The van der Waals surface area contributed by atoms with Gasteiger partial charge >= 0.3 is 0 Å². The van der Waals surface area contributed by atoms with Crippen molar-refractivity contribution < 1.29 is 0 Å². The number of rotatable bonds is 4. The normalized spacial score (nSPS) is 9.27. The zero-order valence-corrected chi connectivity index (χ0v) is 8.78. The van der Waals surface area contributed by atoms with E-state index in [1.54, 1.807) is 0 Å². The second kappa shape index (κ2) is 12.6. The van der Waals surface area contributed by atoms with Crippen molar-refractivity contribution in [3.8, 4) is 0 Å². The van der Waals surface area contributed by atoms with Crippen molar-refractivity contribution in [3.63, 3.8) is 0 Å². The van der Waals surface area contributed by atoms with Gasteiger partial charge in [-0.3, -0.25) is 0 Å². The molecule has 2 heteroatoms. The number of nitrogens with zero attached hydrogens (tertiary/aromatic N) is 1. The van der Waals surface area contributed by atoms with Crippen molar-refractivity contribution in [2.24, 2.45) is 0 Å². The van der Waals surface area contributed by atoms with Crippen LogP contribution in [0.4, 0.5) is 0 Å². The van der Waals surface area contributed by atoms with Gasteiger partial charge in [-0.1, -0.05) is 13.8 Å². The molecular formula is C9H24N2. The van der Waals surface area contributed by atoms with E-state index in [1.165, 1.54) is 25.9 Å². The van der Waals surface area contributed by atoms with E-state index in [2.05, 4.69) is 31.1 Å². The molecule has 0 fully saturated rings. The fraction of sp³-hybridized carbons (Fsp3) is 1.00. The van der Waals surface area contributed by atoms with Gasteiger partial charge in [-0.2, -0.15) is 0 Å². The first-order valence-corrected chi connectivity index (χ1v) is 4.49. The smallest absolute Gasteiger partial charge is 0.00244 e. The highest BCUT2D eigenvalue weighted by Gasteiger charge is 1.90. The average Bonchev–Trinajstić information content (AvgIpc) is 1.90. The molecule has 11 heavy (non-hydrogen) atoms. The van der Waals surface area contributed by atoms with Gasteiger partial charge in [0, 0.05) is 0 Å². The summed E-state index contributed by atoms with van der Waals surface area (Å²) in [6, 6.07) is 0. The van der Waals surface area contributed by atoms with E-state index in [9.17, 15) is 0 Å². The van der Waals surface area contributed by atoms with Crippen LogP contribution in [0.15, 0.2) is 0 Å². The lowest BCUT2D eigenvalue weighted by molar-refractivity contribution is 0.335. The fourth-order valence-electron chi connectivity index (χ4n) is 0.875. The topological polar surface area (TPSA) is 15.3 Å². The Morgan fingerprint density at radius 3 is 1.45 bits per heavy atom. The molecule has 0 heterocycles. The molecule has 0 aromatic rings. The van der Waals surface area contributed by atoms with E-state index in [1.807, 2.05) is 14.1 Å². The molecule has 0 saturated heterocycles. The number of hydrogen-bond donors (Lipinski definition) is 1. The molecule has 1 N–H and O–H groups in total. The third-order valence-electron chi connectivity index (χ3n) is 1.21. The minimum Gasteiger partial charge on any atom is -0.323 e. The fourth-order valence-corrected chi connectivity index (χ4v) is 0.875. The molecular weight excluding hydrogens is 136 g/mol. The van der Waals surface area contributed by atoms with E-state index >= 15 is 0 Å². The Kier molecular flexibility index (Phi) is 15.4. The summed E-state index contributed by atoms with van der Waals surface area (Å²) in [5, 5.41) is 2.75.